The molecule has 160 valence electrons. The van der Waals surface area contributed by atoms with Crippen molar-refractivity contribution in [1.82, 2.24) is 14.7 Å². The zero-order valence-electron chi connectivity index (χ0n) is 17.9. The van der Waals surface area contributed by atoms with E-state index in [2.05, 4.69) is 43.0 Å². The highest BCUT2D eigenvalue weighted by Crippen LogP contribution is 2.24. The molecule has 2 amide bonds. The third-order valence-corrected chi connectivity index (χ3v) is 7.13. The van der Waals surface area contributed by atoms with Crippen molar-refractivity contribution in [2.24, 2.45) is 0 Å². The van der Waals surface area contributed by atoms with Crippen molar-refractivity contribution in [1.29, 1.82) is 0 Å². The Kier molecular flexibility index (Phi) is 6.54. The summed E-state index contributed by atoms with van der Waals surface area (Å²) in [4.78, 5) is 32.8. The van der Waals surface area contributed by atoms with Gasteiger partial charge in [-0.05, 0) is 41.3 Å². The van der Waals surface area contributed by atoms with E-state index in [1.54, 1.807) is 4.90 Å². The lowest BCUT2D eigenvalue weighted by Gasteiger charge is -2.37. The van der Waals surface area contributed by atoms with Crippen molar-refractivity contribution in [3.05, 3.63) is 57.8 Å². The largest absolute Gasteiger partial charge is 0.338 e. The number of rotatable bonds is 5. The number of likely N-dealkylation sites (tertiary alicyclic amines) is 1. The minimum absolute atomic E-state index is 0.00401. The van der Waals surface area contributed by atoms with Gasteiger partial charge in [0.15, 0.2) is 0 Å². The van der Waals surface area contributed by atoms with Crippen molar-refractivity contribution in [2.75, 3.05) is 32.7 Å². The predicted octanol–water partition coefficient (Wildman–Crippen LogP) is 3.82. The SMILES string of the molecule is CC(C)c1ccc(CN2CCN(C(=O)C3CCCN3C(=O)c3cccs3)CC2)cc1. The molecule has 2 aliphatic heterocycles. The summed E-state index contributed by atoms with van der Waals surface area (Å²) < 4.78 is 0. The Morgan fingerprint density at radius 3 is 2.40 bits per heavy atom. The van der Waals surface area contributed by atoms with E-state index < -0.39 is 0 Å². The standard InChI is InChI=1S/C24H31N3O2S/c1-18(2)20-9-7-19(8-10-20)17-25-12-14-26(15-13-25)23(28)21-5-3-11-27(21)24(29)22-6-4-16-30-22/h4,6-10,16,18,21H,3,5,11-15,17H2,1-2H3. The second-order valence-electron chi connectivity index (χ2n) is 8.63. The molecule has 0 bridgehead atoms. The number of hydrogen-bond donors (Lipinski definition) is 0. The van der Waals surface area contributed by atoms with Crippen molar-refractivity contribution in [2.45, 2.75) is 45.2 Å². The van der Waals surface area contributed by atoms with Crippen LogP contribution < -0.4 is 0 Å². The van der Waals surface area contributed by atoms with Gasteiger partial charge in [-0.15, -0.1) is 11.3 Å². The van der Waals surface area contributed by atoms with E-state index in [0.29, 0.717) is 12.5 Å². The maximum absolute atomic E-state index is 13.2. The second-order valence-corrected chi connectivity index (χ2v) is 9.58. The number of benzene rings is 1. The minimum atomic E-state index is -0.297. The van der Waals surface area contributed by atoms with Crippen molar-refractivity contribution in [3.63, 3.8) is 0 Å². The van der Waals surface area contributed by atoms with Crippen LogP contribution in [0.1, 0.15) is 53.4 Å². The highest BCUT2D eigenvalue weighted by atomic mass is 32.1. The second kappa shape index (κ2) is 9.31. The molecule has 2 saturated heterocycles. The van der Waals surface area contributed by atoms with Gasteiger partial charge in [0.2, 0.25) is 5.91 Å². The molecule has 4 rings (SSSR count). The van der Waals surface area contributed by atoms with Crippen LogP contribution in [0.25, 0.3) is 0 Å². The van der Waals surface area contributed by atoms with Crippen LogP contribution >= 0.6 is 11.3 Å². The van der Waals surface area contributed by atoms with E-state index in [-0.39, 0.29) is 17.9 Å². The summed E-state index contributed by atoms with van der Waals surface area (Å²) in [6, 6.07) is 12.3. The molecule has 3 heterocycles. The molecule has 30 heavy (non-hydrogen) atoms. The smallest absolute Gasteiger partial charge is 0.264 e. The van der Waals surface area contributed by atoms with Crippen molar-refractivity contribution >= 4 is 23.2 Å². The Bertz CT molecular complexity index is 855. The van der Waals surface area contributed by atoms with Gasteiger partial charge in [-0.3, -0.25) is 14.5 Å². The van der Waals surface area contributed by atoms with E-state index in [9.17, 15) is 9.59 Å². The molecule has 0 saturated carbocycles. The Morgan fingerprint density at radius 1 is 1.03 bits per heavy atom. The number of nitrogens with zero attached hydrogens (tertiary/aromatic N) is 3. The average molecular weight is 426 g/mol. The van der Waals surface area contributed by atoms with Gasteiger partial charge < -0.3 is 9.80 Å². The van der Waals surface area contributed by atoms with Gasteiger partial charge in [0.05, 0.1) is 4.88 Å². The van der Waals surface area contributed by atoms with Crippen LogP contribution in [0.5, 0.6) is 0 Å². The minimum Gasteiger partial charge on any atom is -0.338 e. The van der Waals surface area contributed by atoms with Gasteiger partial charge in [-0.25, -0.2) is 0 Å². The van der Waals surface area contributed by atoms with Crippen LogP contribution in [-0.4, -0.2) is 65.3 Å². The van der Waals surface area contributed by atoms with E-state index in [1.807, 2.05) is 22.4 Å². The Morgan fingerprint density at radius 2 is 1.77 bits per heavy atom. The topological polar surface area (TPSA) is 43.9 Å². The van der Waals surface area contributed by atoms with Crippen molar-refractivity contribution < 1.29 is 9.59 Å². The summed E-state index contributed by atoms with van der Waals surface area (Å²) >= 11 is 1.45. The quantitative estimate of drug-likeness (QED) is 0.732. The lowest BCUT2D eigenvalue weighted by Crippen LogP contribution is -2.54. The predicted molar refractivity (Wildman–Crippen MR) is 121 cm³/mol. The Balaban J connectivity index is 1.31. The fourth-order valence-electron chi connectivity index (χ4n) is 4.41. The first kappa shape index (κ1) is 21.1. The fourth-order valence-corrected chi connectivity index (χ4v) is 5.09. The number of thiophene rings is 1. The molecule has 0 spiro atoms. The van der Waals surface area contributed by atoms with Gasteiger partial charge in [-0.1, -0.05) is 44.2 Å². The zero-order chi connectivity index (χ0) is 21.1. The van der Waals surface area contributed by atoms with Crippen LogP contribution in [0.2, 0.25) is 0 Å². The fraction of sp³-hybridized carbons (Fsp3) is 0.500. The number of piperazine rings is 1. The van der Waals surface area contributed by atoms with E-state index >= 15 is 0 Å². The number of carbonyl (C=O) groups is 2. The van der Waals surface area contributed by atoms with Gasteiger partial charge in [-0.2, -0.15) is 0 Å². The van der Waals surface area contributed by atoms with E-state index in [4.69, 9.17) is 0 Å². The summed E-state index contributed by atoms with van der Waals surface area (Å²) in [6.45, 7) is 9.26. The zero-order valence-corrected chi connectivity index (χ0v) is 18.7. The van der Waals surface area contributed by atoms with Crippen LogP contribution in [0.4, 0.5) is 0 Å². The molecule has 6 heteroatoms. The first-order valence-electron chi connectivity index (χ1n) is 11.0. The van der Waals surface area contributed by atoms with Gasteiger partial charge in [0.25, 0.3) is 5.91 Å². The molecular weight excluding hydrogens is 394 g/mol. The highest BCUT2D eigenvalue weighted by molar-refractivity contribution is 7.12. The molecule has 1 aromatic heterocycles. The summed E-state index contributed by atoms with van der Waals surface area (Å²) in [7, 11) is 0. The van der Waals surface area contributed by atoms with Crippen LogP contribution in [0, 0.1) is 0 Å². The van der Waals surface area contributed by atoms with E-state index in [0.717, 1.165) is 50.4 Å². The molecular formula is C24H31N3O2S. The summed E-state index contributed by atoms with van der Waals surface area (Å²) in [5.41, 5.74) is 2.69. The third kappa shape index (κ3) is 4.60. The van der Waals surface area contributed by atoms with E-state index in [1.165, 1.54) is 22.5 Å². The molecule has 1 unspecified atom stereocenters. The Labute approximate surface area is 183 Å². The molecule has 5 nitrogen and oxygen atoms in total. The molecule has 0 N–H and O–H groups in total. The lowest BCUT2D eigenvalue weighted by atomic mass is 10.0. The molecule has 1 atom stereocenters. The lowest BCUT2D eigenvalue weighted by molar-refractivity contribution is -0.137. The first-order valence-corrected chi connectivity index (χ1v) is 11.9. The number of carbonyl (C=O) groups excluding carboxylic acids is 2. The summed E-state index contributed by atoms with van der Waals surface area (Å²) in [5.74, 6) is 0.679. The molecule has 2 fully saturated rings. The molecule has 0 radical (unpaired) electrons. The van der Waals surface area contributed by atoms with Crippen LogP contribution in [-0.2, 0) is 11.3 Å². The highest BCUT2D eigenvalue weighted by Gasteiger charge is 2.37. The third-order valence-electron chi connectivity index (χ3n) is 6.27. The normalized spacial score (nSPS) is 20.2. The van der Waals surface area contributed by atoms with Gasteiger partial charge in [0.1, 0.15) is 6.04 Å². The summed E-state index contributed by atoms with van der Waals surface area (Å²) in [6.07, 6.45) is 1.68. The molecule has 1 aromatic carbocycles. The monoisotopic (exact) mass is 425 g/mol. The maximum Gasteiger partial charge on any atom is 0.264 e. The summed E-state index contributed by atoms with van der Waals surface area (Å²) in [5, 5.41) is 1.91. The maximum atomic E-state index is 13.2. The molecule has 2 aliphatic rings. The average Bonchev–Trinajstić information content (AvgIpc) is 3.46. The molecule has 0 aliphatic carbocycles. The van der Waals surface area contributed by atoms with Gasteiger partial charge >= 0.3 is 0 Å². The first-order chi connectivity index (χ1) is 14.5. The Hall–Kier alpha value is -2.18. The van der Waals surface area contributed by atoms with Crippen LogP contribution in [0.15, 0.2) is 41.8 Å². The van der Waals surface area contributed by atoms with Gasteiger partial charge in [0, 0.05) is 39.3 Å². The number of amides is 2. The number of hydrogen-bond acceptors (Lipinski definition) is 4. The van der Waals surface area contributed by atoms with Crippen molar-refractivity contribution in [3.8, 4) is 0 Å². The van der Waals surface area contributed by atoms with Crippen LogP contribution in [0.3, 0.4) is 0 Å². The molecule has 2 aromatic rings.